The van der Waals surface area contributed by atoms with Gasteiger partial charge in [-0.05, 0) is 31.3 Å². The van der Waals surface area contributed by atoms with Gasteiger partial charge in [-0.1, -0.05) is 30.3 Å². The molecule has 0 bridgehead atoms. The van der Waals surface area contributed by atoms with Crippen LogP contribution in [0.4, 0.5) is 0 Å². The highest BCUT2D eigenvalue weighted by Crippen LogP contribution is 2.08. The molecule has 0 saturated carbocycles. The van der Waals surface area contributed by atoms with Crippen molar-refractivity contribution < 1.29 is 14.5 Å². The lowest BCUT2D eigenvalue weighted by molar-refractivity contribution is -0.377. The second-order valence-electron chi connectivity index (χ2n) is 6.28. The molecule has 0 saturated heterocycles. The Morgan fingerprint density at radius 3 is 2.53 bits per heavy atom. The van der Waals surface area contributed by atoms with E-state index >= 15 is 0 Å². The van der Waals surface area contributed by atoms with E-state index in [4.69, 9.17) is 12.2 Å². The van der Waals surface area contributed by atoms with E-state index < -0.39 is 16.9 Å². The molecule has 0 aromatic heterocycles. The molecule has 0 spiro atoms. The number of rotatable bonds is 6. The monoisotopic (exact) mass is 425 g/mol. The molecule has 2 N–H and O–H groups in total. The molecule has 2 aliphatic rings. The number of carbonyl (C=O) groups excluding carboxylic acids is 2. The molecule has 0 radical (unpaired) electrons. The van der Waals surface area contributed by atoms with Crippen LogP contribution in [0.15, 0.2) is 64.7 Å². The fourth-order valence-corrected chi connectivity index (χ4v) is 2.93. The Morgan fingerprint density at radius 2 is 1.90 bits per heavy atom. The Kier molecular flexibility index (Phi) is 6.45. The number of nitrogens with zero attached hydrogens (tertiary/aromatic N) is 4. The van der Waals surface area contributed by atoms with E-state index in [1.807, 2.05) is 0 Å². The Morgan fingerprint density at radius 1 is 1.23 bits per heavy atom. The molecule has 1 heterocycles. The number of Topliss-reactive ketones (excluding diaryl/α,β-unsaturated/α-hetero) is 1. The van der Waals surface area contributed by atoms with Crippen molar-refractivity contribution in [1.82, 2.24) is 15.9 Å². The maximum absolute atomic E-state index is 12.8. The number of hydrazone groups is 1. The molecule has 1 aliphatic heterocycles. The van der Waals surface area contributed by atoms with E-state index in [0.29, 0.717) is 17.0 Å². The zero-order valence-corrected chi connectivity index (χ0v) is 16.6. The number of hydrazine groups is 1. The summed E-state index contributed by atoms with van der Waals surface area (Å²) in [6.45, 7) is 1.48. The molecule has 1 unspecified atom stereocenters. The van der Waals surface area contributed by atoms with Gasteiger partial charge >= 0.3 is 0 Å². The van der Waals surface area contributed by atoms with Crippen molar-refractivity contribution in [2.75, 3.05) is 6.54 Å². The van der Waals surface area contributed by atoms with Crippen molar-refractivity contribution >= 4 is 46.2 Å². The number of nitrogens with one attached hydrogen (secondary N) is 2. The highest BCUT2D eigenvalue weighted by Gasteiger charge is 2.34. The lowest BCUT2D eigenvalue weighted by Crippen LogP contribution is -2.59. The summed E-state index contributed by atoms with van der Waals surface area (Å²) in [4.78, 5) is 28.8. The topological polar surface area (TPSA) is 135 Å². The molecule has 11 heteroatoms. The minimum atomic E-state index is -0.911. The molecular formula is C19H17N6O4S-. The summed E-state index contributed by atoms with van der Waals surface area (Å²) >= 11 is 5.14. The predicted molar refractivity (Wildman–Crippen MR) is 116 cm³/mol. The van der Waals surface area contributed by atoms with Crippen LogP contribution in [0.25, 0.3) is 0 Å². The number of thiocarbonyl (C=S) groups is 1. The number of amides is 1. The van der Waals surface area contributed by atoms with Crippen LogP contribution >= 0.6 is 12.2 Å². The number of allylic oxidation sites excluding steroid dienone is 4. The third-order valence-electron chi connectivity index (χ3n) is 4.23. The minimum absolute atomic E-state index is 0.00764. The van der Waals surface area contributed by atoms with Crippen LogP contribution in [0.3, 0.4) is 0 Å². The van der Waals surface area contributed by atoms with Gasteiger partial charge in [0.2, 0.25) is 10.8 Å². The zero-order valence-electron chi connectivity index (χ0n) is 15.8. The third kappa shape index (κ3) is 4.82. The molecule has 30 heavy (non-hydrogen) atoms. The lowest BCUT2D eigenvalue weighted by Gasteiger charge is -2.30. The standard InChI is InChI=1S/C19H17N6O4S/c1-12-17(23-22-14-7-9-15(10-8-14)25(28)29)18(27)24(19(30)21-12)20-11-16(26)13-5-3-2-4-6-13/h2-10,17,20,23H,11H2,1H3/q-1. The normalized spacial score (nSPS) is 18.4. The van der Waals surface area contributed by atoms with E-state index in [0.717, 1.165) is 5.01 Å². The van der Waals surface area contributed by atoms with Gasteiger partial charge < -0.3 is 10.4 Å². The number of aliphatic imine (C=N–C) groups is 1. The van der Waals surface area contributed by atoms with Crippen LogP contribution in [0.1, 0.15) is 17.3 Å². The molecule has 0 fully saturated rings. The predicted octanol–water partition coefficient (Wildman–Crippen LogP) is 0.851. The van der Waals surface area contributed by atoms with Crippen molar-refractivity contribution in [1.29, 1.82) is 0 Å². The Balaban J connectivity index is 1.67. The first-order valence-corrected chi connectivity index (χ1v) is 9.23. The lowest BCUT2D eigenvalue weighted by atomic mass is 10.1. The summed E-state index contributed by atoms with van der Waals surface area (Å²) in [5.74, 6) is -0.684. The first kappa shape index (κ1) is 21.0. The van der Waals surface area contributed by atoms with E-state index in [2.05, 4.69) is 20.9 Å². The van der Waals surface area contributed by atoms with E-state index in [1.165, 1.54) is 24.3 Å². The number of hydrogen-bond acceptors (Lipinski definition) is 8. The SMILES string of the molecule is CC1=NC(=S)N(NCC(=O)c2ccccc2)C(=O)C1NN=C1C=CC(=[N+]([O-])[O-])C=C1. The summed E-state index contributed by atoms with van der Waals surface area (Å²) in [5.41, 5.74) is 6.66. The van der Waals surface area contributed by atoms with Gasteiger partial charge in [0.15, 0.2) is 11.8 Å². The summed E-state index contributed by atoms with van der Waals surface area (Å²) in [7, 11) is 0. The zero-order chi connectivity index (χ0) is 21.7. The van der Waals surface area contributed by atoms with Crippen LogP contribution in [0, 0.1) is 10.4 Å². The van der Waals surface area contributed by atoms with Crippen molar-refractivity contribution in [2.24, 2.45) is 10.1 Å². The average molecular weight is 425 g/mol. The van der Waals surface area contributed by atoms with Gasteiger partial charge in [0.25, 0.3) is 5.91 Å². The van der Waals surface area contributed by atoms with Gasteiger partial charge in [-0.2, -0.15) is 10.0 Å². The van der Waals surface area contributed by atoms with Crippen molar-refractivity contribution in [3.63, 3.8) is 0 Å². The summed E-state index contributed by atoms with van der Waals surface area (Å²) in [6.07, 6.45) is 5.51. The van der Waals surface area contributed by atoms with Crippen molar-refractivity contribution in [2.45, 2.75) is 13.0 Å². The van der Waals surface area contributed by atoms with Gasteiger partial charge in [0.05, 0.1) is 18.0 Å². The van der Waals surface area contributed by atoms with Crippen LogP contribution in [0.5, 0.6) is 0 Å². The molecule has 10 nitrogen and oxygen atoms in total. The fraction of sp³-hybridized carbons (Fsp3) is 0.158. The van der Waals surface area contributed by atoms with Gasteiger partial charge in [0.1, 0.15) is 0 Å². The first-order chi connectivity index (χ1) is 14.4. The first-order valence-electron chi connectivity index (χ1n) is 8.82. The second kappa shape index (κ2) is 9.20. The van der Waals surface area contributed by atoms with Gasteiger partial charge in [-0.3, -0.25) is 15.0 Å². The van der Waals surface area contributed by atoms with Crippen LogP contribution in [0.2, 0.25) is 0 Å². The molecular weight excluding hydrogens is 408 g/mol. The van der Waals surface area contributed by atoms with Crippen LogP contribution < -0.4 is 10.9 Å². The van der Waals surface area contributed by atoms with E-state index in [-0.39, 0.29) is 23.2 Å². The molecule has 1 amide bonds. The Bertz CT molecular complexity index is 1010. The molecule has 1 atom stereocenters. The quantitative estimate of drug-likeness (QED) is 0.227. The molecule has 1 aromatic carbocycles. The number of carbonyl (C=O) groups is 2. The maximum atomic E-state index is 12.8. The summed E-state index contributed by atoms with van der Waals surface area (Å²) < 4.78 is 0. The van der Waals surface area contributed by atoms with E-state index in [9.17, 15) is 20.0 Å². The van der Waals surface area contributed by atoms with Gasteiger partial charge in [-0.15, -0.1) is 0 Å². The minimum Gasteiger partial charge on any atom is -0.612 e. The molecule has 1 aromatic rings. The van der Waals surface area contributed by atoms with Crippen molar-refractivity contribution in [3.8, 4) is 0 Å². The van der Waals surface area contributed by atoms with Gasteiger partial charge in [-0.25, -0.2) is 15.4 Å². The van der Waals surface area contributed by atoms with Crippen LogP contribution in [-0.2, 0) is 4.79 Å². The summed E-state index contributed by atoms with van der Waals surface area (Å²) in [6, 6.07) is 7.74. The number of benzene rings is 1. The number of hydrogen-bond donors (Lipinski definition) is 2. The highest BCUT2D eigenvalue weighted by atomic mass is 32.1. The maximum Gasteiger partial charge on any atom is 0.273 e. The fourth-order valence-electron chi connectivity index (χ4n) is 2.63. The van der Waals surface area contributed by atoms with Gasteiger partial charge in [0, 0.05) is 17.7 Å². The van der Waals surface area contributed by atoms with Crippen molar-refractivity contribution in [3.05, 3.63) is 70.6 Å². The van der Waals surface area contributed by atoms with Crippen LogP contribution in [-0.4, -0.2) is 56.4 Å². The average Bonchev–Trinajstić information content (AvgIpc) is 2.74. The molecule has 3 rings (SSSR count). The second-order valence-corrected chi connectivity index (χ2v) is 6.65. The Labute approximate surface area is 177 Å². The molecule has 154 valence electrons. The third-order valence-corrected chi connectivity index (χ3v) is 4.50. The summed E-state index contributed by atoms with van der Waals surface area (Å²) in [5, 5.41) is 26.6. The van der Waals surface area contributed by atoms with E-state index in [1.54, 1.807) is 37.3 Å². The highest BCUT2D eigenvalue weighted by molar-refractivity contribution is 7.80. The smallest absolute Gasteiger partial charge is 0.273 e. The largest absolute Gasteiger partial charge is 0.612 e. The molecule has 1 aliphatic carbocycles. The number of ketones is 1. The Hall–Kier alpha value is -3.70.